The molecule has 1 heterocycles. The van der Waals surface area contributed by atoms with Crippen molar-refractivity contribution < 1.29 is 19.1 Å². The molecule has 0 radical (unpaired) electrons. The maximum atomic E-state index is 12.5. The number of nitrogens with zero attached hydrogens (tertiary/aromatic N) is 1. The van der Waals surface area contributed by atoms with Crippen molar-refractivity contribution in [2.45, 2.75) is 19.9 Å². The number of amides is 3. The van der Waals surface area contributed by atoms with Gasteiger partial charge in [0.1, 0.15) is 5.75 Å². The van der Waals surface area contributed by atoms with Crippen molar-refractivity contribution in [3.05, 3.63) is 65.1 Å². The van der Waals surface area contributed by atoms with E-state index >= 15 is 0 Å². The number of thioether (sulfide) groups is 1. The van der Waals surface area contributed by atoms with Crippen LogP contribution in [0.4, 0.5) is 10.5 Å². The number of carbonyl (C=O) groups excluding carboxylic acids is 3. The fraction of sp³-hybridized carbons (Fsp3) is 0.190. The molecule has 0 bridgehead atoms. The molecule has 2 aromatic rings. The summed E-state index contributed by atoms with van der Waals surface area (Å²) in [4.78, 5) is 38.2. The van der Waals surface area contributed by atoms with Crippen molar-refractivity contribution >= 4 is 40.6 Å². The van der Waals surface area contributed by atoms with Gasteiger partial charge in [-0.2, -0.15) is 0 Å². The van der Waals surface area contributed by atoms with E-state index in [0.717, 1.165) is 11.8 Å². The lowest BCUT2D eigenvalue weighted by molar-refractivity contribution is -0.123. The van der Waals surface area contributed by atoms with Crippen molar-refractivity contribution in [2.24, 2.45) is 0 Å². The van der Waals surface area contributed by atoms with Gasteiger partial charge >= 0.3 is 0 Å². The third-order valence-electron chi connectivity index (χ3n) is 3.96. The molecule has 2 aromatic carbocycles. The molecule has 0 aliphatic carbocycles. The summed E-state index contributed by atoms with van der Waals surface area (Å²) < 4.78 is 5.64. The molecule has 0 spiro atoms. The zero-order valence-electron chi connectivity index (χ0n) is 15.5. The van der Waals surface area contributed by atoms with Crippen LogP contribution in [0, 0.1) is 0 Å². The predicted octanol–water partition coefficient (Wildman–Crippen LogP) is 4.15. The lowest BCUT2D eigenvalue weighted by Gasteiger charge is -2.16. The van der Waals surface area contributed by atoms with E-state index in [1.807, 2.05) is 18.2 Å². The molecule has 0 saturated carbocycles. The van der Waals surface area contributed by atoms with E-state index < -0.39 is 0 Å². The highest BCUT2D eigenvalue weighted by atomic mass is 32.2. The zero-order chi connectivity index (χ0) is 20.1. The summed E-state index contributed by atoms with van der Waals surface area (Å²) >= 11 is 0.904. The maximum Gasteiger partial charge on any atom is 0.293 e. The van der Waals surface area contributed by atoms with E-state index in [-0.39, 0.29) is 29.7 Å². The monoisotopic (exact) mass is 396 g/mol. The average Bonchev–Trinajstić information content (AvgIpc) is 2.95. The van der Waals surface area contributed by atoms with E-state index in [2.05, 4.69) is 5.32 Å². The normalized spacial score (nSPS) is 15.4. The molecule has 0 aromatic heterocycles. The van der Waals surface area contributed by atoms with Crippen LogP contribution in [-0.4, -0.2) is 34.6 Å². The van der Waals surface area contributed by atoms with Gasteiger partial charge in [0.25, 0.3) is 17.1 Å². The lowest BCUT2D eigenvalue weighted by Crippen LogP contribution is -2.34. The molecule has 3 amide bonds. The Hall–Kier alpha value is -3.06. The van der Waals surface area contributed by atoms with Crippen LogP contribution in [0.15, 0.2) is 59.5 Å². The largest absolute Gasteiger partial charge is 0.483 e. The molecule has 144 valence electrons. The molecule has 1 fully saturated rings. The Morgan fingerprint density at radius 3 is 2.46 bits per heavy atom. The van der Waals surface area contributed by atoms with Crippen molar-refractivity contribution in [1.29, 1.82) is 0 Å². The molecule has 3 rings (SSSR count). The van der Waals surface area contributed by atoms with E-state index in [0.29, 0.717) is 21.9 Å². The van der Waals surface area contributed by atoms with Crippen LogP contribution in [0.5, 0.6) is 5.75 Å². The standard InChI is InChI=1S/C21H20N2O4S/c1-14(2)23-20(25)18(28-21(23)26)12-15-8-6-7-11-17(15)27-13-19(24)22-16-9-4-3-5-10-16/h3-12,14H,13H2,1-2H3,(H,22,24). The third-order valence-corrected chi connectivity index (χ3v) is 4.85. The van der Waals surface area contributed by atoms with Crippen LogP contribution in [0.1, 0.15) is 19.4 Å². The molecule has 0 unspecified atom stereocenters. The summed E-state index contributed by atoms with van der Waals surface area (Å²) in [7, 11) is 0. The Balaban J connectivity index is 1.71. The molecule has 7 heteroatoms. The summed E-state index contributed by atoms with van der Waals surface area (Å²) in [5, 5.41) is 2.46. The molecule has 1 aliphatic rings. The molecular weight excluding hydrogens is 376 g/mol. The SMILES string of the molecule is CC(C)N1C(=O)SC(=Cc2ccccc2OCC(=O)Nc2ccccc2)C1=O. The van der Waals surface area contributed by atoms with Gasteiger partial charge in [0.05, 0.1) is 4.91 Å². The minimum atomic E-state index is -0.318. The van der Waals surface area contributed by atoms with Gasteiger partial charge in [-0.3, -0.25) is 19.3 Å². The van der Waals surface area contributed by atoms with E-state index in [1.54, 1.807) is 56.3 Å². The summed E-state index contributed by atoms with van der Waals surface area (Å²) in [6.45, 7) is 3.41. The minimum Gasteiger partial charge on any atom is -0.483 e. The van der Waals surface area contributed by atoms with Gasteiger partial charge in [0.2, 0.25) is 0 Å². The number of carbonyl (C=O) groups is 3. The average molecular weight is 396 g/mol. The van der Waals surface area contributed by atoms with Gasteiger partial charge < -0.3 is 10.1 Å². The van der Waals surface area contributed by atoms with Gasteiger partial charge in [0, 0.05) is 17.3 Å². The van der Waals surface area contributed by atoms with Crippen LogP contribution in [0.2, 0.25) is 0 Å². The number of rotatable bonds is 6. The number of imide groups is 1. The van der Waals surface area contributed by atoms with E-state index in [1.165, 1.54) is 4.90 Å². The van der Waals surface area contributed by atoms with Crippen LogP contribution in [-0.2, 0) is 9.59 Å². The van der Waals surface area contributed by atoms with E-state index in [9.17, 15) is 14.4 Å². The minimum absolute atomic E-state index is 0.173. The summed E-state index contributed by atoms with van der Waals surface area (Å²) in [6.07, 6.45) is 1.62. The Labute approximate surface area is 167 Å². The second-order valence-electron chi connectivity index (χ2n) is 6.39. The number of hydrogen-bond acceptors (Lipinski definition) is 5. The Kier molecular flexibility index (Phi) is 6.16. The van der Waals surface area contributed by atoms with Gasteiger partial charge in [-0.15, -0.1) is 0 Å². The quantitative estimate of drug-likeness (QED) is 0.743. The highest BCUT2D eigenvalue weighted by Gasteiger charge is 2.36. The van der Waals surface area contributed by atoms with Gasteiger partial charge in [-0.25, -0.2) is 0 Å². The summed E-state index contributed by atoms with van der Waals surface area (Å²) in [5.74, 6) is -0.148. The second-order valence-corrected chi connectivity index (χ2v) is 7.38. The van der Waals surface area contributed by atoms with Gasteiger partial charge in [-0.05, 0) is 49.9 Å². The number of ether oxygens (including phenoxy) is 1. The van der Waals surface area contributed by atoms with E-state index in [4.69, 9.17) is 4.74 Å². The van der Waals surface area contributed by atoms with Crippen LogP contribution in [0.3, 0.4) is 0 Å². The fourth-order valence-electron chi connectivity index (χ4n) is 2.66. The first kappa shape index (κ1) is 19.7. The van der Waals surface area contributed by atoms with Gasteiger partial charge in [-0.1, -0.05) is 36.4 Å². The smallest absolute Gasteiger partial charge is 0.293 e. The Bertz CT molecular complexity index is 925. The fourth-order valence-corrected chi connectivity index (χ4v) is 3.61. The summed E-state index contributed by atoms with van der Waals surface area (Å²) in [5.41, 5.74) is 1.32. The summed E-state index contributed by atoms with van der Waals surface area (Å²) in [6, 6.07) is 16.0. The maximum absolute atomic E-state index is 12.5. The molecule has 1 saturated heterocycles. The number of anilines is 1. The van der Waals surface area contributed by atoms with Crippen LogP contribution < -0.4 is 10.1 Å². The highest BCUT2D eigenvalue weighted by Crippen LogP contribution is 2.35. The molecule has 1 N–H and O–H groups in total. The first-order valence-electron chi connectivity index (χ1n) is 8.79. The first-order valence-corrected chi connectivity index (χ1v) is 9.61. The Morgan fingerprint density at radius 2 is 1.79 bits per heavy atom. The highest BCUT2D eigenvalue weighted by molar-refractivity contribution is 8.18. The van der Waals surface area contributed by atoms with Crippen LogP contribution >= 0.6 is 11.8 Å². The number of benzene rings is 2. The third kappa shape index (κ3) is 4.61. The molecule has 0 atom stereocenters. The Morgan fingerprint density at radius 1 is 1.11 bits per heavy atom. The van der Waals surface area contributed by atoms with Crippen molar-refractivity contribution in [1.82, 2.24) is 4.90 Å². The molecule has 28 heavy (non-hydrogen) atoms. The predicted molar refractivity (Wildman–Crippen MR) is 110 cm³/mol. The second kappa shape index (κ2) is 8.75. The number of para-hydroxylation sites is 2. The molecule has 6 nitrogen and oxygen atoms in total. The van der Waals surface area contributed by atoms with Gasteiger partial charge in [0.15, 0.2) is 6.61 Å². The number of hydrogen-bond donors (Lipinski definition) is 1. The van der Waals surface area contributed by atoms with Crippen molar-refractivity contribution in [2.75, 3.05) is 11.9 Å². The topological polar surface area (TPSA) is 75.7 Å². The first-order chi connectivity index (χ1) is 13.5. The number of nitrogens with one attached hydrogen (secondary N) is 1. The zero-order valence-corrected chi connectivity index (χ0v) is 16.4. The lowest BCUT2D eigenvalue weighted by atomic mass is 10.2. The van der Waals surface area contributed by atoms with Crippen LogP contribution in [0.25, 0.3) is 6.08 Å². The van der Waals surface area contributed by atoms with Crippen molar-refractivity contribution in [3.63, 3.8) is 0 Å². The molecule has 1 aliphatic heterocycles. The van der Waals surface area contributed by atoms with Crippen molar-refractivity contribution in [3.8, 4) is 5.75 Å². The molecular formula is C21H20N2O4S.